The summed E-state index contributed by atoms with van der Waals surface area (Å²) in [5.41, 5.74) is 10.9. The summed E-state index contributed by atoms with van der Waals surface area (Å²) >= 11 is 0. The molecule has 13 rings (SSSR count). The van der Waals surface area contributed by atoms with Crippen molar-refractivity contribution in [1.29, 1.82) is 0 Å². The van der Waals surface area contributed by atoms with Gasteiger partial charge in [-0.2, -0.15) is 0 Å². The van der Waals surface area contributed by atoms with Gasteiger partial charge in [-0.1, -0.05) is 164 Å². The predicted octanol–water partition coefficient (Wildman–Crippen LogP) is 12.5. The highest BCUT2D eigenvalue weighted by atomic mass is 15.0. The third-order valence-corrected chi connectivity index (χ3v) is 14.4. The summed E-state index contributed by atoms with van der Waals surface area (Å²) in [7, 11) is 0. The van der Waals surface area contributed by atoms with Crippen molar-refractivity contribution in [2.45, 2.75) is 42.9 Å². The summed E-state index contributed by atoms with van der Waals surface area (Å²) < 4.78 is 0. The van der Waals surface area contributed by atoms with Crippen molar-refractivity contribution in [3.63, 3.8) is 0 Å². The van der Waals surface area contributed by atoms with Crippen LogP contribution in [0.5, 0.6) is 0 Å². The van der Waals surface area contributed by atoms with E-state index in [2.05, 4.69) is 170 Å². The average molecular weight is 734 g/mol. The highest BCUT2D eigenvalue weighted by molar-refractivity contribution is 5.87. The maximum absolute atomic E-state index is 5.35. The normalized spacial score (nSPS) is 23.6. The summed E-state index contributed by atoms with van der Waals surface area (Å²) in [4.78, 5) is 15.8. The lowest BCUT2D eigenvalue weighted by Crippen LogP contribution is -2.59. The van der Waals surface area contributed by atoms with E-state index in [9.17, 15) is 0 Å². The molecule has 1 spiro atoms. The average Bonchev–Trinajstić information content (AvgIpc) is 3.28. The van der Waals surface area contributed by atoms with E-state index in [4.69, 9.17) is 15.0 Å². The molecule has 0 atom stereocenters. The zero-order valence-electron chi connectivity index (χ0n) is 31.9. The van der Waals surface area contributed by atoms with Gasteiger partial charge in [-0.25, -0.2) is 15.0 Å². The van der Waals surface area contributed by atoms with E-state index in [1.807, 2.05) is 6.07 Å². The first kappa shape index (κ1) is 33.0. The van der Waals surface area contributed by atoms with Crippen molar-refractivity contribution < 1.29 is 0 Å². The molecule has 1 aromatic heterocycles. The first-order valence-corrected chi connectivity index (χ1v) is 20.9. The molecule has 0 aliphatic heterocycles. The lowest BCUT2D eigenvalue weighted by atomic mass is 9.38. The van der Waals surface area contributed by atoms with Gasteiger partial charge in [0.05, 0.1) is 5.41 Å². The van der Waals surface area contributed by atoms with E-state index >= 15 is 0 Å². The van der Waals surface area contributed by atoms with Crippen LogP contribution in [0.15, 0.2) is 176 Å². The molecule has 0 amide bonds. The first-order chi connectivity index (χ1) is 28.2. The Bertz CT molecular complexity index is 2740. The Morgan fingerprint density at radius 1 is 0.351 bits per heavy atom. The Balaban J connectivity index is 1.16. The van der Waals surface area contributed by atoms with Crippen LogP contribution in [0.1, 0.15) is 65.5 Å². The molecule has 8 aromatic rings. The summed E-state index contributed by atoms with van der Waals surface area (Å²) in [5, 5.41) is 2.37. The van der Waals surface area contributed by atoms with Gasteiger partial charge in [-0.15, -0.1) is 0 Å². The topological polar surface area (TPSA) is 38.7 Å². The maximum Gasteiger partial charge on any atom is 0.164 e. The van der Waals surface area contributed by atoms with Gasteiger partial charge >= 0.3 is 0 Å². The second-order valence-electron chi connectivity index (χ2n) is 17.2. The predicted molar refractivity (Wildman–Crippen MR) is 230 cm³/mol. The number of hydrogen-bond donors (Lipinski definition) is 0. The van der Waals surface area contributed by atoms with E-state index in [1.54, 1.807) is 5.56 Å². The molecule has 3 nitrogen and oxygen atoms in total. The Kier molecular flexibility index (Phi) is 7.33. The molecule has 5 aliphatic carbocycles. The van der Waals surface area contributed by atoms with Crippen molar-refractivity contribution in [3.05, 3.63) is 209 Å². The van der Waals surface area contributed by atoms with Gasteiger partial charge in [-0.3, -0.25) is 0 Å². The highest BCUT2D eigenvalue weighted by Crippen LogP contribution is 2.70. The molecule has 4 bridgehead atoms. The molecular formula is C54H43N3. The van der Waals surface area contributed by atoms with Crippen molar-refractivity contribution >= 4 is 10.8 Å². The van der Waals surface area contributed by atoms with Crippen LogP contribution in [-0.4, -0.2) is 15.0 Å². The Morgan fingerprint density at radius 3 is 1.46 bits per heavy atom. The number of hydrogen-bond acceptors (Lipinski definition) is 3. The van der Waals surface area contributed by atoms with Crippen LogP contribution in [0.3, 0.4) is 0 Å². The molecule has 1 heterocycles. The smallest absolute Gasteiger partial charge is 0.164 e. The molecule has 4 fully saturated rings. The maximum atomic E-state index is 5.35. The molecule has 4 saturated carbocycles. The molecule has 3 heteroatoms. The fraction of sp³-hybridized carbons (Fsp3) is 0.204. The van der Waals surface area contributed by atoms with Gasteiger partial charge in [0.2, 0.25) is 0 Å². The van der Waals surface area contributed by atoms with Gasteiger partial charge in [0.25, 0.3) is 0 Å². The van der Waals surface area contributed by atoms with E-state index < -0.39 is 5.41 Å². The number of aromatic nitrogens is 3. The number of nitrogens with zero attached hydrogens (tertiary/aromatic N) is 3. The molecule has 0 N–H and O–H groups in total. The minimum atomic E-state index is -0.541. The van der Waals surface area contributed by atoms with Gasteiger partial charge in [0, 0.05) is 22.1 Å². The van der Waals surface area contributed by atoms with Crippen molar-refractivity contribution in [2.24, 2.45) is 23.7 Å². The van der Waals surface area contributed by atoms with Crippen LogP contribution in [0.25, 0.3) is 44.9 Å². The second-order valence-corrected chi connectivity index (χ2v) is 17.2. The molecular weight excluding hydrogens is 691 g/mol. The summed E-state index contributed by atoms with van der Waals surface area (Å²) in [6, 6.07) is 64.9. The fourth-order valence-corrected chi connectivity index (χ4v) is 12.5. The third-order valence-electron chi connectivity index (χ3n) is 14.4. The summed E-state index contributed by atoms with van der Waals surface area (Å²) in [5.74, 6) is 5.04. The number of fused-ring (bicyclic) bond motifs is 3. The SMILES string of the molecule is c1ccc(-c2nc(-c3ccc4c(c3)C(c3ccccc3)(c3ccccc3)c3ccccc3C43C4CC5CC(C4)CC3C5)nc(-c3ccc4ccccc4c3)n2)cc1. The monoisotopic (exact) mass is 733 g/mol. The standard InChI is InChI=1S/C54H43N3/c1-4-15-38(16-5-1)50-55-51(40-25-24-37-14-10-11-17-39(37)33-40)57-52(56-50)41-26-27-48-49(34-41)53(42-18-6-2-7-19-42,43-20-8-3-9-21-43)46-22-12-13-23-47(46)54(48)44-29-35-28-36(31-44)32-45(54)30-35/h1-27,33-36,44-45H,28-32H2. The molecule has 57 heavy (non-hydrogen) atoms. The van der Waals surface area contributed by atoms with Gasteiger partial charge in [0.1, 0.15) is 0 Å². The van der Waals surface area contributed by atoms with Crippen molar-refractivity contribution in [2.75, 3.05) is 0 Å². The minimum absolute atomic E-state index is 0.0322. The minimum Gasteiger partial charge on any atom is -0.208 e. The molecule has 0 saturated heterocycles. The number of rotatable bonds is 5. The van der Waals surface area contributed by atoms with Crippen molar-refractivity contribution in [1.82, 2.24) is 15.0 Å². The number of benzene rings is 7. The Hall–Kier alpha value is -6.19. The van der Waals surface area contributed by atoms with Gasteiger partial charge in [0.15, 0.2) is 17.5 Å². The van der Waals surface area contributed by atoms with Crippen LogP contribution in [0.4, 0.5) is 0 Å². The van der Waals surface area contributed by atoms with Crippen LogP contribution >= 0.6 is 0 Å². The Labute approximate surface area is 334 Å². The van der Waals surface area contributed by atoms with E-state index in [0.717, 1.165) is 28.5 Å². The zero-order valence-corrected chi connectivity index (χ0v) is 31.9. The van der Waals surface area contributed by atoms with E-state index in [0.29, 0.717) is 29.3 Å². The van der Waals surface area contributed by atoms with Crippen LogP contribution < -0.4 is 0 Å². The van der Waals surface area contributed by atoms with Crippen LogP contribution in [-0.2, 0) is 10.8 Å². The summed E-state index contributed by atoms with van der Waals surface area (Å²) in [6.07, 6.45) is 6.74. The third kappa shape index (κ3) is 4.81. The Morgan fingerprint density at radius 2 is 0.825 bits per heavy atom. The van der Waals surface area contributed by atoms with Crippen molar-refractivity contribution in [3.8, 4) is 34.2 Å². The lowest BCUT2D eigenvalue weighted by Gasteiger charge is -2.65. The van der Waals surface area contributed by atoms with E-state index in [-0.39, 0.29) is 5.41 Å². The van der Waals surface area contributed by atoms with Gasteiger partial charge < -0.3 is 0 Å². The van der Waals surface area contributed by atoms with Gasteiger partial charge in [-0.05, 0) is 112 Å². The quantitative estimate of drug-likeness (QED) is 0.177. The second kappa shape index (κ2) is 12.7. The van der Waals surface area contributed by atoms with Crippen LogP contribution in [0, 0.1) is 23.7 Å². The largest absolute Gasteiger partial charge is 0.208 e. The highest BCUT2D eigenvalue weighted by Gasteiger charge is 2.63. The summed E-state index contributed by atoms with van der Waals surface area (Å²) in [6.45, 7) is 0. The van der Waals surface area contributed by atoms with E-state index in [1.165, 1.54) is 70.7 Å². The molecule has 274 valence electrons. The lowest BCUT2D eigenvalue weighted by molar-refractivity contribution is -0.0440. The molecule has 0 unspecified atom stereocenters. The first-order valence-electron chi connectivity index (χ1n) is 20.9. The molecule has 5 aliphatic rings. The molecule has 0 radical (unpaired) electrons. The molecule has 7 aromatic carbocycles. The fourth-order valence-electron chi connectivity index (χ4n) is 12.5. The van der Waals surface area contributed by atoms with Crippen LogP contribution in [0.2, 0.25) is 0 Å². The zero-order chi connectivity index (χ0) is 37.6.